The van der Waals surface area contributed by atoms with Gasteiger partial charge in [-0.1, -0.05) is 6.92 Å². The van der Waals surface area contributed by atoms with Crippen molar-refractivity contribution in [2.75, 3.05) is 39.3 Å². The van der Waals surface area contributed by atoms with Gasteiger partial charge in [0.25, 0.3) is 0 Å². The molecule has 0 bridgehead atoms. The highest BCUT2D eigenvalue weighted by Gasteiger charge is 2.20. The average Bonchev–Trinajstić information content (AvgIpc) is 2.32. The Labute approximate surface area is 105 Å². The van der Waals surface area contributed by atoms with E-state index in [-0.39, 0.29) is 6.10 Å². The summed E-state index contributed by atoms with van der Waals surface area (Å²) in [6.45, 7) is 9.59. The summed E-state index contributed by atoms with van der Waals surface area (Å²) in [5, 5.41) is 13.1. The SMILES string of the molecule is CCCNCC(O)CN1CCC(OCC)CC1. The van der Waals surface area contributed by atoms with E-state index >= 15 is 0 Å². The molecule has 0 amide bonds. The molecule has 0 aromatic carbocycles. The second kappa shape index (κ2) is 8.86. The van der Waals surface area contributed by atoms with E-state index in [1.165, 1.54) is 0 Å². The van der Waals surface area contributed by atoms with Crippen LogP contribution in [0.2, 0.25) is 0 Å². The summed E-state index contributed by atoms with van der Waals surface area (Å²) in [6.07, 6.45) is 3.51. The van der Waals surface area contributed by atoms with Gasteiger partial charge in [0.15, 0.2) is 0 Å². The van der Waals surface area contributed by atoms with Crippen LogP contribution in [0.1, 0.15) is 33.1 Å². The third kappa shape index (κ3) is 6.36. The lowest BCUT2D eigenvalue weighted by atomic mass is 10.1. The normalized spacial score (nSPS) is 20.6. The van der Waals surface area contributed by atoms with E-state index in [1.54, 1.807) is 0 Å². The van der Waals surface area contributed by atoms with Gasteiger partial charge in [-0.2, -0.15) is 0 Å². The van der Waals surface area contributed by atoms with Gasteiger partial charge in [0.2, 0.25) is 0 Å². The minimum absolute atomic E-state index is 0.245. The Morgan fingerprint density at radius 2 is 2.06 bits per heavy atom. The third-order valence-electron chi connectivity index (χ3n) is 3.21. The van der Waals surface area contributed by atoms with Crippen LogP contribution in [-0.4, -0.2) is 61.5 Å². The maximum Gasteiger partial charge on any atom is 0.0791 e. The largest absolute Gasteiger partial charge is 0.390 e. The van der Waals surface area contributed by atoms with Crippen LogP contribution in [0.3, 0.4) is 0 Å². The van der Waals surface area contributed by atoms with Gasteiger partial charge in [0.05, 0.1) is 12.2 Å². The molecule has 1 aliphatic heterocycles. The van der Waals surface area contributed by atoms with E-state index < -0.39 is 0 Å². The highest BCUT2D eigenvalue weighted by Crippen LogP contribution is 2.13. The van der Waals surface area contributed by atoms with Crippen molar-refractivity contribution < 1.29 is 9.84 Å². The fourth-order valence-electron chi connectivity index (χ4n) is 2.30. The van der Waals surface area contributed by atoms with Crippen LogP contribution in [0.15, 0.2) is 0 Å². The van der Waals surface area contributed by atoms with Gasteiger partial charge in [0, 0.05) is 32.8 Å². The number of hydrogen-bond acceptors (Lipinski definition) is 4. The quantitative estimate of drug-likeness (QED) is 0.621. The minimum atomic E-state index is -0.245. The first-order chi connectivity index (χ1) is 8.26. The van der Waals surface area contributed by atoms with Crippen molar-refractivity contribution in [3.8, 4) is 0 Å². The van der Waals surface area contributed by atoms with Crippen molar-refractivity contribution in [1.29, 1.82) is 0 Å². The Bertz CT molecular complexity index is 182. The molecule has 0 radical (unpaired) electrons. The highest BCUT2D eigenvalue weighted by molar-refractivity contribution is 4.75. The molecular formula is C13H28N2O2. The molecule has 1 fully saturated rings. The van der Waals surface area contributed by atoms with Crippen LogP contribution in [0, 0.1) is 0 Å². The second-order valence-corrected chi connectivity index (χ2v) is 4.81. The Morgan fingerprint density at radius 1 is 1.35 bits per heavy atom. The lowest BCUT2D eigenvalue weighted by Crippen LogP contribution is -2.43. The summed E-state index contributed by atoms with van der Waals surface area (Å²) in [6, 6.07) is 0. The van der Waals surface area contributed by atoms with Gasteiger partial charge in [-0.25, -0.2) is 0 Å². The van der Waals surface area contributed by atoms with Crippen molar-refractivity contribution >= 4 is 0 Å². The Balaban J connectivity index is 2.08. The fourth-order valence-corrected chi connectivity index (χ4v) is 2.30. The van der Waals surface area contributed by atoms with Crippen LogP contribution in [0.4, 0.5) is 0 Å². The standard InChI is InChI=1S/C13H28N2O2/c1-3-7-14-10-12(16)11-15-8-5-13(6-9-15)17-4-2/h12-14,16H,3-11H2,1-2H3. The number of likely N-dealkylation sites (tertiary alicyclic amines) is 1. The molecule has 0 aromatic heterocycles. The van der Waals surface area contributed by atoms with Crippen LogP contribution in [0.25, 0.3) is 0 Å². The van der Waals surface area contributed by atoms with Crippen LogP contribution in [0.5, 0.6) is 0 Å². The zero-order chi connectivity index (χ0) is 12.5. The molecule has 4 heteroatoms. The molecule has 1 saturated heterocycles. The molecule has 2 N–H and O–H groups in total. The Kier molecular flexibility index (Phi) is 7.77. The van der Waals surface area contributed by atoms with Gasteiger partial charge < -0.3 is 20.1 Å². The van der Waals surface area contributed by atoms with E-state index in [1.807, 2.05) is 0 Å². The number of aliphatic hydroxyl groups is 1. The summed E-state index contributed by atoms with van der Waals surface area (Å²) < 4.78 is 5.61. The van der Waals surface area contributed by atoms with E-state index in [4.69, 9.17) is 4.74 Å². The molecule has 102 valence electrons. The molecule has 0 spiro atoms. The Hall–Kier alpha value is -0.160. The second-order valence-electron chi connectivity index (χ2n) is 4.81. The van der Waals surface area contributed by atoms with Gasteiger partial charge in [-0.15, -0.1) is 0 Å². The zero-order valence-electron chi connectivity index (χ0n) is 11.3. The lowest BCUT2D eigenvalue weighted by Gasteiger charge is -2.32. The topological polar surface area (TPSA) is 44.7 Å². The summed E-state index contributed by atoms with van der Waals surface area (Å²) in [7, 11) is 0. The number of nitrogens with one attached hydrogen (secondary N) is 1. The molecule has 1 aliphatic rings. The number of aliphatic hydroxyl groups excluding tert-OH is 1. The summed E-state index contributed by atoms with van der Waals surface area (Å²) in [5.74, 6) is 0. The highest BCUT2D eigenvalue weighted by atomic mass is 16.5. The molecule has 1 atom stereocenters. The van der Waals surface area contributed by atoms with E-state index in [9.17, 15) is 5.11 Å². The monoisotopic (exact) mass is 244 g/mol. The van der Waals surface area contributed by atoms with E-state index in [0.29, 0.717) is 12.6 Å². The number of β-amino-alcohol motifs (C(OH)–C–C–N with tert-alkyl or cyclic N) is 1. The third-order valence-corrected chi connectivity index (χ3v) is 3.21. The number of piperidine rings is 1. The predicted molar refractivity (Wildman–Crippen MR) is 70.3 cm³/mol. The zero-order valence-corrected chi connectivity index (χ0v) is 11.3. The molecule has 4 nitrogen and oxygen atoms in total. The van der Waals surface area contributed by atoms with E-state index in [2.05, 4.69) is 24.1 Å². The summed E-state index contributed by atoms with van der Waals surface area (Å²) >= 11 is 0. The van der Waals surface area contributed by atoms with Crippen molar-refractivity contribution in [3.63, 3.8) is 0 Å². The molecule has 17 heavy (non-hydrogen) atoms. The molecule has 0 saturated carbocycles. The number of ether oxygens (including phenoxy) is 1. The van der Waals surface area contributed by atoms with Gasteiger partial charge in [-0.05, 0) is 32.7 Å². The minimum Gasteiger partial charge on any atom is -0.390 e. The molecule has 0 aromatic rings. The van der Waals surface area contributed by atoms with E-state index in [0.717, 1.165) is 52.0 Å². The number of hydrogen-bond donors (Lipinski definition) is 2. The van der Waals surface area contributed by atoms with Gasteiger partial charge in [-0.3, -0.25) is 0 Å². The molecule has 1 heterocycles. The average molecular weight is 244 g/mol. The van der Waals surface area contributed by atoms with Crippen molar-refractivity contribution in [2.45, 2.75) is 45.3 Å². The first kappa shape index (κ1) is 14.9. The maximum atomic E-state index is 9.86. The van der Waals surface area contributed by atoms with Gasteiger partial charge >= 0.3 is 0 Å². The fraction of sp³-hybridized carbons (Fsp3) is 1.00. The maximum absolute atomic E-state index is 9.86. The number of nitrogens with zero attached hydrogens (tertiary/aromatic N) is 1. The smallest absolute Gasteiger partial charge is 0.0791 e. The first-order valence-corrected chi connectivity index (χ1v) is 6.99. The van der Waals surface area contributed by atoms with Crippen LogP contribution < -0.4 is 5.32 Å². The lowest BCUT2D eigenvalue weighted by molar-refractivity contribution is 0.00366. The predicted octanol–water partition coefficient (Wildman–Crippen LogP) is 0.848. The van der Waals surface area contributed by atoms with Crippen LogP contribution >= 0.6 is 0 Å². The molecule has 1 unspecified atom stereocenters. The van der Waals surface area contributed by atoms with Gasteiger partial charge in [0.1, 0.15) is 0 Å². The van der Waals surface area contributed by atoms with Crippen LogP contribution in [-0.2, 0) is 4.74 Å². The Morgan fingerprint density at radius 3 is 2.65 bits per heavy atom. The molecular weight excluding hydrogens is 216 g/mol. The van der Waals surface area contributed by atoms with Crippen molar-refractivity contribution in [2.24, 2.45) is 0 Å². The summed E-state index contributed by atoms with van der Waals surface area (Å²) in [5.41, 5.74) is 0. The van der Waals surface area contributed by atoms with Crippen molar-refractivity contribution in [1.82, 2.24) is 10.2 Å². The molecule has 1 rings (SSSR count). The number of rotatable bonds is 8. The van der Waals surface area contributed by atoms with Crippen molar-refractivity contribution in [3.05, 3.63) is 0 Å². The first-order valence-electron chi connectivity index (χ1n) is 6.99. The summed E-state index contributed by atoms with van der Waals surface area (Å²) in [4.78, 5) is 2.34. The molecule has 0 aliphatic carbocycles.